The predicted octanol–water partition coefficient (Wildman–Crippen LogP) is 1.78. The summed E-state index contributed by atoms with van der Waals surface area (Å²) < 4.78 is 91.0. The average Bonchev–Trinajstić information content (AvgIpc) is 3.13. The number of carbonyl (C=O) groups excluding carboxylic acids is 5. The second-order valence-corrected chi connectivity index (χ2v) is 18.4. The van der Waals surface area contributed by atoms with E-state index in [2.05, 4.69) is 26.3 Å². The first-order chi connectivity index (χ1) is 27.6. The number of hydrogen-bond donors (Lipinski definition) is 7. The van der Waals surface area contributed by atoms with Crippen molar-refractivity contribution < 1.29 is 63.9 Å². The van der Waals surface area contributed by atoms with Crippen molar-refractivity contribution in [1.82, 2.24) is 25.7 Å². The van der Waals surface area contributed by atoms with Crippen molar-refractivity contribution >= 4 is 72.7 Å². The number of primary amides is 1. The van der Waals surface area contributed by atoms with Crippen molar-refractivity contribution in [3.05, 3.63) is 82.5 Å². The molecule has 0 spiro atoms. The number of carboxylic acids is 1. The van der Waals surface area contributed by atoms with E-state index in [1.807, 2.05) is 0 Å². The van der Waals surface area contributed by atoms with Crippen LogP contribution in [0.15, 0.2) is 70.7 Å². The molecule has 0 aliphatic carbocycles. The molecule has 0 saturated heterocycles. The zero-order chi connectivity index (χ0) is 45.4. The topological polar surface area (TPSA) is 290 Å². The standard InChI is InChI=1S/C36H41ClF3N7O11S2/c1-35(2,3)30(33(52)44-21-8-6-20(7-9-21)31(41)50)46-32(51)26(15-19-5-14-29(43-17-19)59(4,55)56)45-28(49)18-42-27(48)13-12-25(34(53)54)47-60(57,58)22-10-11-24(37)23(16-22)36(38,39)40/h5-11,14,16-17,25-26,30,47H,12-13,15,18H2,1-4H3,(H2,41,50)(H,42,48)(H,44,52)(H,45,49)(H,46,51)(H,53,54)/t25-,26-,30+/m0/s1. The van der Waals surface area contributed by atoms with E-state index >= 15 is 0 Å². The normalized spacial score (nSPS) is 13.6. The largest absolute Gasteiger partial charge is 0.480 e. The van der Waals surface area contributed by atoms with Gasteiger partial charge < -0.3 is 32.1 Å². The zero-order valence-electron chi connectivity index (χ0n) is 32.2. The number of hydrogen-bond acceptors (Lipinski definition) is 11. The minimum atomic E-state index is -5.03. The lowest BCUT2D eigenvalue weighted by molar-refractivity contribution is -0.139. The first kappa shape index (κ1) is 48.7. The summed E-state index contributed by atoms with van der Waals surface area (Å²) >= 11 is 5.54. The van der Waals surface area contributed by atoms with E-state index in [9.17, 15) is 63.9 Å². The van der Waals surface area contributed by atoms with Gasteiger partial charge in [-0.05, 0) is 65.9 Å². The Morgan fingerprint density at radius 2 is 1.50 bits per heavy atom. The Hall–Kier alpha value is -5.65. The number of nitrogens with zero attached hydrogens (tertiary/aromatic N) is 1. The number of anilines is 1. The van der Waals surface area contributed by atoms with Crippen LogP contribution in [0.4, 0.5) is 18.9 Å². The second kappa shape index (κ2) is 19.6. The summed E-state index contributed by atoms with van der Waals surface area (Å²) in [5.41, 5.74) is 3.56. The van der Waals surface area contributed by atoms with E-state index in [0.29, 0.717) is 6.07 Å². The molecule has 3 rings (SSSR count). The van der Waals surface area contributed by atoms with E-state index in [4.69, 9.17) is 17.3 Å². The molecule has 1 heterocycles. The number of nitrogens with two attached hydrogens (primary N) is 1. The number of aliphatic carboxylic acids is 1. The van der Waals surface area contributed by atoms with Gasteiger partial charge in [0.25, 0.3) is 0 Å². The highest BCUT2D eigenvalue weighted by atomic mass is 35.5. The fourth-order valence-electron chi connectivity index (χ4n) is 5.21. The van der Waals surface area contributed by atoms with Crippen molar-refractivity contribution in [2.24, 2.45) is 11.1 Å². The molecule has 0 unspecified atom stereocenters. The third-order valence-corrected chi connectivity index (χ3v) is 11.2. The summed E-state index contributed by atoms with van der Waals surface area (Å²) in [7, 11) is -8.57. The highest BCUT2D eigenvalue weighted by Gasteiger charge is 2.37. The van der Waals surface area contributed by atoms with Crippen LogP contribution in [-0.2, 0) is 56.4 Å². The maximum Gasteiger partial charge on any atom is 0.417 e. The van der Waals surface area contributed by atoms with Crippen LogP contribution in [0.3, 0.4) is 0 Å². The smallest absolute Gasteiger partial charge is 0.417 e. The van der Waals surface area contributed by atoms with Crippen LogP contribution >= 0.6 is 11.6 Å². The Bertz CT molecular complexity index is 2340. The Morgan fingerprint density at radius 3 is 2.02 bits per heavy atom. The van der Waals surface area contributed by atoms with Crippen LogP contribution in [0.5, 0.6) is 0 Å². The minimum Gasteiger partial charge on any atom is -0.480 e. The lowest BCUT2D eigenvalue weighted by Gasteiger charge is -2.32. The molecule has 1 aromatic heterocycles. The molecular formula is C36H41ClF3N7O11S2. The number of alkyl halides is 3. The molecule has 326 valence electrons. The lowest BCUT2D eigenvalue weighted by Crippen LogP contribution is -2.57. The zero-order valence-corrected chi connectivity index (χ0v) is 34.6. The summed E-state index contributed by atoms with van der Waals surface area (Å²) in [4.78, 5) is 79.2. The van der Waals surface area contributed by atoms with Gasteiger partial charge in [-0.2, -0.15) is 17.9 Å². The molecule has 18 nitrogen and oxygen atoms in total. The third kappa shape index (κ3) is 14.3. The number of nitrogens with one attached hydrogen (secondary N) is 5. The lowest BCUT2D eigenvalue weighted by atomic mass is 9.85. The van der Waals surface area contributed by atoms with Crippen LogP contribution in [0.2, 0.25) is 5.02 Å². The molecule has 0 radical (unpaired) electrons. The quantitative estimate of drug-likeness (QED) is 0.0962. The molecule has 3 aromatic rings. The molecule has 24 heteroatoms. The van der Waals surface area contributed by atoms with Crippen LogP contribution < -0.4 is 31.7 Å². The SMILES string of the molecule is CC(C)(C)[C@H](NC(=O)[C@H](Cc1ccc(S(C)(=O)=O)nc1)NC(=O)CNC(=O)CC[C@H](NS(=O)(=O)c1ccc(Cl)c(C(F)(F)F)c1)C(=O)O)C(=O)Nc1ccc(C(N)=O)cc1. The summed E-state index contributed by atoms with van der Waals surface area (Å²) in [6, 6.07) is 5.02. The molecule has 0 aliphatic heterocycles. The number of carboxylic acid groups (broad SMARTS) is 1. The number of carbonyl (C=O) groups is 6. The highest BCUT2D eigenvalue weighted by molar-refractivity contribution is 7.90. The third-order valence-electron chi connectivity index (χ3n) is 8.38. The van der Waals surface area contributed by atoms with Crippen LogP contribution in [0.25, 0.3) is 0 Å². The van der Waals surface area contributed by atoms with E-state index in [1.165, 1.54) is 36.4 Å². The number of sulfonamides is 1. The summed E-state index contributed by atoms with van der Waals surface area (Å²) in [5.74, 6) is -5.96. The van der Waals surface area contributed by atoms with Gasteiger partial charge in [0.2, 0.25) is 39.6 Å². The fourth-order valence-corrected chi connectivity index (χ4v) is 7.25. The number of aromatic nitrogens is 1. The minimum absolute atomic E-state index is 0.179. The number of sulfone groups is 1. The van der Waals surface area contributed by atoms with Crippen LogP contribution in [-0.4, -0.2) is 93.4 Å². The van der Waals surface area contributed by atoms with Gasteiger partial charge in [0, 0.05) is 36.5 Å². The first-order valence-electron chi connectivity index (χ1n) is 17.4. The Labute approximate surface area is 347 Å². The van der Waals surface area contributed by atoms with Gasteiger partial charge in [-0.15, -0.1) is 0 Å². The van der Waals surface area contributed by atoms with Gasteiger partial charge in [-0.3, -0.25) is 28.8 Å². The van der Waals surface area contributed by atoms with E-state index in [1.54, 1.807) is 25.5 Å². The first-order valence-corrected chi connectivity index (χ1v) is 21.2. The van der Waals surface area contributed by atoms with E-state index in [-0.39, 0.29) is 34.3 Å². The molecule has 60 heavy (non-hydrogen) atoms. The number of rotatable bonds is 18. The van der Waals surface area contributed by atoms with Gasteiger partial charge in [0.05, 0.1) is 22.0 Å². The monoisotopic (exact) mass is 903 g/mol. The Morgan fingerprint density at radius 1 is 0.867 bits per heavy atom. The van der Waals surface area contributed by atoms with Gasteiger partial charge >= 0.3 is 12.1 Å². The molecule has 8 N–H and O–H groups in total. The summed E-state index contributed by atoms with van der Waals surface area (Å²) in [6.45, 7) is 4.14. The number of halogens is 4. The molecule has 5 amide bonds. The maximum atomic E-state index is 13.8. The Balaban J connectivity index is 1.74. The number of benzene rings is 2. The average molecular weight is 904 g/mol. The summed E-state index contributed by atoms with van der Waals surface area (Å²) in [5, 5.41) is 18.4. The van der Waals surface area contributed by atoms with Gasteiger partial charge in [0.15, 0.2) is 14.9 Å². The van der Waals surface area contributed by atoms with Crippen LogP contribution in [0, 0.1) is 5.41 Å². The van der Waals surface area contributed by atoms with Crippen molar-refractivity contribution in [1.29, 1.82) is 0 Å². The number of amides is 5. The van der Waals surface area contributed by atoms with Gasteiger partial charge in [-0.1, -0.05) is 38.4 Å². The molecule has 0 bridgehead atoms. The van der Waals surface area contributed by atoms with Gasteiger partial charge in [-0.25, -0.2) is 21.8 Å². The highest BCUT2D eigenvalue weighted by Crippen LogP contribution is 2.36. The second-order valence-electron chi connectivity index (χ2n) is 14.3. The van der Waals surface area contributed by atoms with Gasteiger partial charge in [0.1, 0.15) is 18.1 Å². The van der Waals surface area contributed by atoms with Crippen molar-refractivity contribution in [3.63, 3.8) is 0 Å². The predicted molar refractivity (Wildman–Crippen MR) is 208 cm³/mol. The molecule has 0 fully saturated rings. The molecule has 0 aliphatic rings. The fraction of sp³-hybridized carbons (Fsp3) is 0.361. The summed E-state index contributed by atoms with van der Waals surface area (Å²) in [6.07, 6.45) is -4.65. The molecule has 0 saturated carbocycles. The van der Waals surface area contributed by atoms with Crippen molar-refractivity contribution in [3.8, 4) is 0 Å². The number of pyridine rings is 1. The molecular weight excluding hydrogens is 863 g/mol. The Kier molecular flexibility index (Phi) is 15.9. The van der Waals surface area contributed by atoms with Crippen molar-refractivity contribution in [2.45, 2.75) is 74.3 Å². The molecule has 2 aromatic carbocycles. The van der Waals surface area contributed by atoms with Crippen molar-refractivity contribution in [2.75, 3.05) is 18.1 Å². The van der Waals surface area contributed by atoms with Crippen LogP contribution in [0.1, 0.15) is 55.1 Å². The van der Waals surface area contributed by atoms with E-state index < -0.39 is 120 Å². The molecule has 3 atom stereocenters. The maximum absolute atomic E-state index is 13.8. The van der Waals surface area contributed by atoms with E-state index in [0.717, 1.165) is 18.5 Å².